The van der Waals surface area contributed by atoms with Crippen molar-refractivity contribution in [3.63, 3.8) is 0 Å². The van der Waals surface area contributed by atoms with Crippen LogP contribution in [-0.4, -0.2) is 0 Å². The minimum atomic E-state index is 0.310. The molecule has 0 aliphatic heterocycles. The molecule has 1 heteroatoms. The highest BCUT2D eigenvalue weighted by atomic mass is 35.5. The Balaban J connectivity index is 2.99. The molecule has 0 aliphatic rings. The summed E-state index contributed by atoms with van der Waals surface area (Å²) >= 11 is 5.85. The molecule has 72 valence electrons. The second kappa shape index (κ2) is 4.15. The van der Waals surface area contributed by atoms with E-state index in [9.17, 15) is 0 Å². The van der Waals surface area contributed by atoms with E-state index >= 15 is 0 Å². The fourth-order valence-corrected chi connectivity index (χ4v) is 1.64. The average Bonchev–Trinajstić information content (AvgIpc) is 2.18. The molecular formula is C12H17Cl. The first-order valence-electron chi connectivity index (χ1n) is 4.88. The number of hydrogen-bond donors (Lipinski definition) is 0. The zero-order chi connectivity index (χ0) is 9.90. The lowest BCUT2D eigenvalue weighted by molar-refractivity contribution is 0.439. The topological polar surface area (TPSA) is 0 Å². The Bertz CT molecular complexity index is 257. The number of hydrogen-bond acceptors (Lipinski definition) is 0. The Kier molecular flexibility index (Phi) is 3.38. The molecule has 0 aliphatic carbocycles. The molecule has 0 saturated heterocycles. The van der Waals surface area contributed by atoms with Crippen LogP contribution in [0.4, 0.5) is 0 Å². The van der Waals surface area contributed by atoms with Gasteiger partial charge in [0.05, 0.1) is 0 Å². The normalized spacial score (nSPS) is 11.7. The number of rotatable bonds is 3. The predicted molar refractivity (Wildman–Crippen MR) is 59.4 cm³/mol. The van der Waals surface area contributed by atoms with Gasteiger partial charge in [0.25, 0.3) is 0 Å². The van der Waals surface area contributed by atoms with Gasteiger partial charge in [0.15, 0.2) is 0 Å². The van der Waals surface area contributed by atoms with Gasteiger partial charge in [-0.2, -0.15) is 0 Å². The summed E-state index contributed by atoms with van der Waals surface area (Å²) in [4.78, 5) is 0. The van der Waals surface area contributed by atoms with Gasteiger partial charge in [-0.15, -0.1) is 0 Å². The van der Waals surface area contributed by atoms with Crippen LogP contribution in [0, 0.1) is 0 Å². The van der Waals surface area contributed by atoms with Crippen LogP contribution in [0.1, 0.15) is 39.2 Å². The first-order valence-corrected chi connectivity index (χ1v) is 5.26. The molecule has 0 atom stereocenters. The minimum absolute atomic E-state index is 0.310. The Labute approximate surface area is 85.9 Å². The summed E-state index contributed by atoms with van der Waals surface area (Å²) in [6.07, 6.45) is 2.34. The zero-order valence-electron chi connectivity index (χ0n) is 8.60. The molecule has 0 radical (unpaired) electrons. The maximum atomic E-state index is 5.85. The second-order valence-electron chi connectivity index (χ2n) is 3.77. The Morgan fingerprint density at radius 3 is 1.92 bits per heavy atom. The van der Waals surface area contributed by atoms with Crippen LogP contribution < -0.4 is 0 Å². The minimum Gasteiger partial charge on any atom is -0.0843 e. The van der Waals surface area contributed by atoms with Crippen LogP contribution in [0.25, 0.3) is 0 Å². The van der Waals surface area contributed by atoms with E-state index in [4.69, 9.17) is 11.6 Å². The van der Waals surface area contributed by atoms with E-state index in [1.165, 1.54) is 18.4 Å². The van der Waals surface area contributed by atoms with E-state index in [0.717, 1.165) is 5.02 Å². The molecule has 0 saturated carbocycles. The molecule has 0 heterocycles. The lowest BCUT2D eigenvalue weighted by Gasteiger charge is -2.27. The summed E-state index contributed by atoms with van der Waals surface area (Å²) in [7, 11) is 0. The predicted octanol–water partition coefficient (Wildman–Crippen LogP) is 4.42. The molecule has 0 unspecified atom stereocenters. The maximum Gasteiger partial charge on any atom is 0.0406 e. The van der Waals surface area contributed by atoms with E-state index in [1.807, 2.05) is 12.1 Å². The van der Waals surface area contributed by atoms with Crippen LogP contribution in [0.5, 0.6) is 0 Å². The van der Waals surface area contributed by atoms with Crippen LogP contribution in [-0.2, 0) is 5.41 Å². The maximum absolute atomic E-state index is 5.85. The Hall–Kier alpha value is -0.490. The van der Waals surface area contributed by atoms with Crippen molar-refractivity contribution in [3.8, 4) is 0 Å². The molecule has 0 aromatic heterocycles. The van der Waals surface area contributed by atoms with Crippen molar-refractivity contribution in [3.05, 3.63) is 34.9 Å². The van der Waals surface area contributed by atoms with Crippen molar-refractivity contribution in [2.24, 2.45) is 0 Å². The number of benzene rings is 1. The summed E-state index contributed by atoms with van der Waals surface area (Å²) in [5, 5.41) is 0.818. The first-order chi connectivity index (χ1) is 6.12. The zero-order valence-corrected chi connectivity index (χ0v) is 9.36. The van der Waals surface area contributed by atoms with Gasteiger partial charge in [-0.25, -0.2) is 0 Å². The highest BCUT2D eigenvalue weighted by Gasteiger charge is 2.21. The van der Waals surface area contributed by atoms with Gasteiger partial charge in [0.2, 0.25) is 0 Å². The summed E-state index contributed by atoms with van der Waals surface area (Å²) in [6.45, 7) is 6.77. The third-order valence-corrected chi connectivity index (χ3v) is 3.35. The molecule has 1 rings (SSSR count). The van der Waals surface area contributed by atoms with E-state index in [-0.39, 0.29) is 0 Å². The molecule has 0 fully saturated rings. The molecule has 13 heavy (non-hydrogen) atoms. The lowest BCUT2D eigenvalue weighted by Crippen LogP contribution is -2.19. The van der Waals surface area contributed by atoms with Gasteiger partial charge in [0, 0.05) is 5.02 Å². The fraction of sp³-hybridized carbons (Fsp3) is 0.500. The molecule has 1 aromatic rings. The SMILES string of the molecule is CCC(C)(CC)c1ccc(Cl)cc1. The average molecular weight is 197 g/mol. The van der Waals surface area contributed by atoms with Crippen molar-refractivity contribution in [2.75, 3.05) is 0 Å². The summed E-state index contributed by atoms with van der Waals surface area (Å²) < 4.78 is 0. The van der Waals surface area contributed by atoms with Crippen LogP contribution >= 0.6 is 11.6 Å². The molecular weight excluding hydrogens is 180 g/mol. The van der Waals surface area contributed by atoms with Crippen LogP contribution in [0.15, 0.2) is 24.3 Å². The molecule has 1 aromatic carbocycles. The first kappa shape index (κ1) is 10.6. The van der Waals surface area contributed by atoms with Gasteiger partial charge in [-0.3, -0.25) is 0 Å². The Morgan fingerprint density at radius 2 is 1.54 bits per heavy atom. The van der Waals surface area contributed by atoms with E-state index in [2.05, 4.69) is 32.9 Å². The molecule has 0 spiro atoms. The second-order valence-corrected chi connectivity index (χ2v) is 4.21. The monoisotopic (exact) mass is 196 g/mol. The Morgan fingerprint density at radius 1 is 1.08 bits per heavy atom. The van der Waals surface area contributed by atoms with Gasteiger partial charge in [-0.1, -0.05) is 44.5 Å². The van der Waals surface area contributed by atoms with Gasteiger partial charge < -0.3 is 0 Å². The van der Waals surface area contributed by atoms with Crippen LogP contribution in [0.2, 0.25) is 5.02 Å². The van der Waals surface area contributed by atoms with Gasteiger partial charge in [-0.05, 0) is 36.0 Å². The van der Waals surface area contributed by atoms with E-state index in [1.54, 1.807) is 0 Å². The third kappa shape index (κ3) is 2.25. The smallest absolute Gasteiger partial charge is 0.0406 e. The van der Waals surface area contributed by atoms with Crippen molar-refractivity contribution in [2.45, 2.75) is 39.0 Å². The number of halogens is 1. The van der Waals surface area contributed by atoms with Gasteiger partial charge >= 0.3 is 0 Å². The van der Waals surface area contributed by atoms with Crippen molar-refractivity contribution in [1.29, 1.82) is 0 Å². The molecule has 0 bridgehead atoms. The largest absolute Gasteiger partial charge is 0.0843 e. The summed E-state index contributed by atoms with van der Waals surface area (Å²) in [6, 6.07) is 8.21. The standard InChI is InChI=1S/C12H17Cl/c1-4-12(3,5-2)10-6-8-11(13)9-7-10/h6-9H,4-5H2,1-3H3. The van der Waals surface area contributed by atoms with Crippen molar-refractivity contribution >= 4 is 11.6 Å². The summed E-state index contributed by atoms with van der Waals surface area (Å²) in [5.74, 6) is 0. The van der Waals surface area contributed by atoms with Crippen molar-refractivity contribution < 1.29 is 0 Å². The highest BCUT2D eigenvalue weighted by molar-refractivity contribution is 6.30. The van der Waals surface area contributed by atoms with Gasteiger partial charge in [0.1, 0.15) is 0 Å². The van der Waals surface area contributed by atoms with Crippen LogP contribution in [0.3, 0.4) is 0 Å². The molecule has 0 N–H and O–H groups in total. The molecule has 0 nitrogen and oxygen atoms in total. The van der Waals surface area contributed by atoms with E-state index in [0.29, 0.717) is 5.41 Å². The third-order valence-electron chi connectivity index (χ3n) is 3.10. The van der Waals surface area contributed by atoms with Crippen molar-refractivity contribution in [1.82, 2.24) is 0 Å². The highest BCUT2D eigenvalue weighted by Crippen LogP contribution is 2.31. The quantitative estimate of drug-likeness (QED) is 0.672. The summed E-state index contributed by atoms with van der Waals surface area (Å²) in [5.41, 5.74) is 1.70. The van der Waals surface area contributed by atoms with E-state index < -0.39 is 0 Å². The molecule has 0 amide bonds. The fourth-order valence-electron chi connectivity index (χ4n) is 1.51. The lowest BCUT2D eigenvalue weighted by atomic mass is 9.78.